The Morgan fingerprint density at radius 2 is 1.79 bits per heavy atom. The lowest BCUT2D eigenvalue weighted by Gasteiger charge is -2.20. The molecular weight excluding hydrogens is 510 g/mol. The quantitative estimate of drug-likeness (QED) is 0.445. The Labute approximate surface area is 210 Å². The molecule has 0 atom stereocenters. The van der Waals surface area contributed by atoms with Crippen molar-refractivity contribution in [1.29, 1.82) is 0 Å². The van der Waals surface area contributed by atoms with Crippen LogP contribution in [0.25, 0.3) is 5.82 Å². The Hall–Kier alpha value is -2.58. The molecule has 2 aromatic heterocycles. The molecule has 0 spiro atoms. The number of ketones is 1. The highest BCUT2D eigenvalue weighted by Crippen LogP contribution is 2.33. The third kappa shape index (κ3) is 5.33. The molecule has 0 aliphatic heterocycles. The van der Waals surface area contributed by atoms with Gasteiger partial charge in [0.05, 0.1) is 27.8 Å². The molecule has 0 saturated carbocycles. The molecular formula is C22H18Cl4N4O3. The van der Waals surface area contributed by atoms with E-state index in [-0.39, 0.29) is 50.3 Å². The standard InChI is InChI=1S/C22H18Cl4N4O3/c1-11-7-13(23)8-14(22(33)29(3)10-12(2)31)18(11)28-21(32)17-9-16(25)19(26)30(17)20-15(24)5-4-6-27-20/h4-9H,10H2,1-3H3,(H,28,32). The van der Waals surface area contributed by atoms with Crippen LogP contribution in [0, 0.1) is 6.92 Å². The van der Waals surface area contributed by atoms with Gasteiger partial charge in [0.2, 0.25) is 0 Å². The number of likely N-dealkylation sites (N-methyl/N-ethyl adjacent to an activating group) is 1. The van der Waals surface area contributed by atoms with Gasteiger partial charge in [0.25, 0.3) is 11.8 Å². The Kier molecular flexibility index (Phi) is 7.69. The van der Waals surface area contributed by atoms with Crippen molar-refractivity contribution in [2.75, 3.05) is 18.9 Å². The fourth-order valence-corrected chi connectivity index (χ4v) is 4.13. The normalized spacial score (nSPS) is 10.8. The summed E-state index contributed by atoms with van der Waals surface area (Å²) in [5.41, 5.74) is 0.956. The number of anilines is 1. The number of carbonyl (C=O) groups is 3. The number of nitrogens with zero attached hydrogens (tertiary/aromatic N) is 3. The van der Waals surface area contributed by atoms with E-state index < -0.39 is 11.8 Å². The molecule has 3 aromatic rings. The average Bonchev–Trinajstić information content (AvgIpc) is 3.03. The van der Waals surface area contributed by atoms with Crippen LogP contribution in [0.15, 0.2) is 36.5 Å². The number of aromatic nitrogens is 2. The Morgan fingerprint density at radius 3 is 2.42 bits per heavy atom. The topological polar surface area (TPSA) is 84.3 Å². The zero-order valence-electron chi connectivity index (χ0n) is 17.7. The Balaban J connectivity index is 2.07. The first-order valence-electron chi connectivity index (χ1n) is 9.55. The van der Waals surface area contributed by atoms with Crippen molar-refractivity contribution in [2.45, 2.75) is 13.8 Å². The maximum Gasteiger partial charge on any atom is 0.272 e. The third-order valence-electron chi connectivity index (χ3n) is 4.66. The van der Waals surface area contributed by atoms with E-state index in [0.717, 1.165) is 0 Å². The van der Waals surface area contributed by atoms with E-state index in [4.69, 9.17) is 46.4 Å². The van der Waals surface area contributed by atoms with Crippen LogP contribution in [0.4, 0.5) is 5.69 Å². The predicted molar refractivity (Wildman–Crippen MR) is 130 cm³/mol. The van der Waals surface area contributed by atoms with Crippen molar-refractivity contribution in [3.05, 3.63) is 73.6 Å². The lowest BCUT2D eigenvalue weighted by molar-refractivity contribution is -0.117. The summed E-state index contributed by atoms with van der Waals surface area (Å²) in [5, 5.41) is 3.47. The number of benzene rings is 1. The molecule has 33 heavy (non-hydrogen) atoms. The van der Waals surface area contributed by atoms with Gasteiger partial charge in [-0.2, -0.15) is 0 Å². The molecule has 0 radical (unpaired) electrons. The minimum Gasteiger partial charge on any atom is -0.334 e. The van der Waals surface area contributed by atoms with Crippen LogP contribution in [0.1, 0.15) is 33.3 Å². The zero-order valence-corrected chi connectivity index (χ0v) is 20.8. The van der Waals surface area contributed by atoms with Gasteiger partial charge in [0, 0.05) is 18.3 Å². The summed E-state index contributed by atoms with van der Waals surface area (Å²) in [5.74, 6) is -1.07. The first-order chi connectivity index (χ1) is 15.5. The maximum absolute atomic E-state index is 13.3. The van der Waals surface area contributed by atoms with E-state index in [9.17, 15) is 14.4 Å². The van der Waals surface area contributed by atoms with Gasteiger partial charge in [0.15, 0.2) is 5.82 Å². The number of pyridine rings is 1. The highest BCUT2D eigenvalue weighted by molar-refractivity contribution is 6.42. The number of hydrogen-bond donors (Lipinski definition) is 1. The van der Waals surface area contributed by atoms with Gasteiger partial charge in [-0.25, -0.2) is 4.98 Å². The first kappa shape index (κ1) is 25.1. The maximum atomic E-state index is 13.3. The van der Waals surface area contributed by atoms with Crippen LogP contribution in [-0.2, 0) is 4.79 Å². The number of rotatable bonds is 6. The summed E-state index contributed by atoms with van der Waals surface area (Å²) >= 11 is 24.9. The summed E-state index contributed by atoms with van der Waals surface area (Å²) in [6, 6.07) is 7.64. The second kappa shape index (κ2) is 10.1. The SMILES string of the molecule is CC(=O)CN(C)C(=O)c1cc(Cl)cc(C)c1NC(=O)c1cc(Cl)c(Cl)n1-c1ncccc1Cl. The molecule has 11 heteroatoms. The number of Topliss-reactive ketones (excluding diaryl/α,β-unsaturated/α-hetero) is 1. The molecule has 172 valence electrons. The number of carbonyl (C=O) groups excluding carboxylic acids is 3. The fraction of sp³-hybridized carbons (Fsp3) is 0.182. The van der Waals surface area contributed by atoms with Crippen molar-refractivity contribution in [2.24, 2.45) is 0 Å². The molecule has 7 nitrogen and oxygen atoms in total. The Bertz CT molecular complexity index is 1270. The zero-order chi connectivity index (χ0) is 24.4. The van der Waals surface area contributed by atoms with Gasteiger partial charge in [-0.15, -0.1) is 0 Å². The number of amides is 2. The van der Waals surface area contributed by atoms with Crippen LogP contribution in [0.3, 0.4) is 0 Å². The van der Waals surface area contributed by atoms with E-state index in [1.54, 1.807) is 25.1 Å². The van der Waals surface area contributed by atoms with E-state index in [2.05, 4.69) is 10.3 Å². The summed E-state index contributed by atoms with van der Waals surface area (Å²) in [6.45, 7) is 2.97. The monoisotopic (exact) mass is 526 g/mol. The molecule has 1 aromatic carbocycles. The van der Waals surface area contributed by atoms with E-state index in [0.29, 0.717) is 10.6 Å². The number of aryl methyl sites for hydroxylation is 1. The second-order valence-electron chi connectivity index (χ2n) is 7.28. The van der Waals surface area contributed by atoms with E-state index >= 15 is 0 Å². The van der Waals surface area contributed by atoms with Crippen molar-refractivity contribution >= 4 is 69.7 Å². The van der Waals surface area contributed by atoms with Gasteiger partial charge in [-0.05, 0) is 49.7 Å². The van der Waals surface area contributed by atoms with Gasteiger partial charge >= 0.3 is 0 Å². The number of hydrogen-bond acceptors (Lipinski definition) is 4. The molecule has 0 bridgehead atoms. The van der Waals surface area contributed by atoms with E-state index in [1.165, 1.54) is 41.8 Å². The molecule has 2 amide bonds. The molecule has 1 N–H and O–H groups in total. The lowest BCUT2D eigenvalue weighted by atomic mass is 10.1. The van der Waals surface area contributed by atoms with Crippen LogP contribution < -0.4 is 5.32 Å². The molecule has 0 aliphatic rings. The molecule has 3 rings (SSSR count). The van der Waals surface area contributed by atoms with Crippen molar-refractivity contribution in [1.82, 2.24) is 14.5 Å². The highest BCUT2D eigenvalue weighted by Gasteiger charge is 2.25. The summed E-state index contributed by atoms with van der Waals surface area (Å²) in [7, 11) is 1.49. The molecule has 0 unspecified atom stereocenters. The van der Waals surface area contributed by atoms with E-state index in [1.807, 2.05) is 0 Å². The molecule has 2 heterocycles. The van der Waals surface area contributed by atoms with Gasteiger partial charge in [0.1, 0.15) is 16.6 Å². The highest BCUT2D eigenvalue weighted by atomic mass is 35.5. The van der Waals surface area contributed by atoms with Crippen LogP contribution in [-0.4, -0.2) is 45.6 Å². The minimum absolute atomic E-state index is 0.0488. The smallest absolute Gasteiger partial charge is 0.272 e. The summed E-state index contributed by atoms with van der Waals surface area (Å²) in [6.07, 6.45) is 1.50. The van der Waals surface area contributed by atoms with Crippen LogP contribution >= 0.6 is 46.4 Å². The van der Waals surface area contributed by atoms with Gasteiger partial charge < -0.3 is 10.2 Å². The molecule has 0 saturated heterocycles. The van der Waals surface area contributed by atoms with Crippen LogP contribution in [0.2, 0.25) is 20.2 Å². The number of nitrogens with one attached hydrogen (secondary N) is 1. The first-order valence-corrected chi connectivity index (χ1v) is 11.1. The van der Waals surface area contributed by atoms with Gasteiger partial charge in [-0.1, -0.05) is 46.4 Å². The summed E-state index contributed by atoms with van der Waals surface area (Å²) in [4.78, 5) is 43.2. The van der Waals surface area contributed by atoms with Crippen molar-refractivity contribution < 1.29 is 14.4 Å². The van der Waals surface area contributed by atoms with Crippen molar-refractivity contribution in [3.8, 4) is 5.82 Å². The lowest BCUT2D eigenvalue weighted by Crippen LogP contribution is -2.32. The molecule has 0 aliphatic carbocycles. The number of halogens is 4. The fourth-order valence-electron chi connectivity index (χ4n) is 3.24. The predicted octanol–water partition coefficient (Wildman–Crippen LogP) is 5.71. The second-order valence-corrected chi connectivity index (χ2v) is 8.88. The van der Waals surface area contributed by atoms with Gasteiger partial charge in [-0.3, -0.25) is 19.0 Å². The Morgan fingerprint density at radius 1 is 1.09 bits per heavy atom. The minimum atomic E-state index is -0.612. The average molecular weight is 528 g/mol. The summed E-state index contributed by atoms with van der Waals surface area (Å²) < 4.78 is 1.32. The van der Waals surface area contributed by atoms with Crippen molar-refractivity contribution in [3.63, 3.8) is 0 Å². The largest absolute Gasteiger partial charge is 0.334 e. The molecule has 0 fully saturated rings. The van der Waals surface area contributed by atoms with Crippen LogP contribution in [0.5, 0.6) is 0 Å². The third-order valence-corrected chi connectivity index (χ3v) is 5.93.